The third kappa shape index (κ3) is 2.22. The van der Waals surface area contributed by atoms with E-state index in [9.17, 15) is 0 Å². The SMILES string of the molecule is Cc1cc(Cl)c2nc(C(C)(C)C)cc(N)c2c1. The number of rotatable bonds is 0. The van der Waals surface area contributed by atoms with Gasteiger partial charge in [0.05, 0.1) is 10.5 Å². The van der Waals surface area contributed by atoms with Crippen LogP contribution in [0.1, 0.15) is 32.0 Å². The highest BCUT2D eigenvalue weighted by molar-refractivity contribution is 6.35. The van der Waals surface area contributed by atoms with Crippen LogP contribution in [0, 0.1) is 6.92 Å². The van der Waals surface area contributed by atoms with Gasteiger partial charge >= 0.3 is 0 Å². The lowest BCUT2D eigenvalue weighted by Crippen LogP contribution is -2.14. The third-order valence-corrected chi connectivity index (χ3v) is 3.10. The molecular formula is C14H17ClN2. The number of hydrogen-bond acceptors (Lipinski definition) is 2. The monoisotopic (exact) mass is 248 g/mol. The predicted octanol–water partition coefficient (Wildman–Crippen LogP) is 4.08. The van der Waals surface area contributed by atoms with Gasteiger partial charge in [-0.15, -0.1) is 0 Å². The highest BCUT2D eigenvalue weighted by Gasteiger charge is 2.18. The van der Waals surface area contributed by atoms with Gasteiger partial charge in [-0.2, -0.15) is 0 Å². The van der Waals surface area contributed by atoms with Gasteiger partial charge in [-0.05, 0) is 30.7 Å². The van der Waals surface area contributed by atoms with Gasteiger partial charge in [-0.3, -0.25) is 4.98 Å². The summed E-state index contributed by atoms with van der Waals surface area (Å²) in [5.74, 6) is 0. The Morgan fingerprint density at radius 2 is 1.82 bits per heavy atom. The Morgan fingerprint density at radius 3 is 2.41 bits per heavy atom. The maximum atomic E-state index is 6.24. The number of aryl methyl sites for hydroxylation is 1. The van der Waals surface area contributed by atoms with Crippen molar-refractivity contribution in [3.05, 3.63) is 34.5 Å². The molecule has 2 rings (SSSR count). The summed E-state index contributed by atoms with van der Waals surface area (Å²) < 4.78 is 0. The Morgan fingerprint density at radius 1 is 1.18 bits per heavy atom. The van der Waals surface area contributed by atoms with Gasteiger partial charge in [0.25, 0.3) is 0 Å². The van der Waals surface area contributed by atoms with Gasteiger partial charge < -0.3 is 5.73 Å². The molecule has 0 fully saturated rings. The van der Waals surface area contributed by atoms with Crippen molar-refractivity contribution in [2.75, 3.05) is 5.73 Å². The van der Waals surface area contributed by atoms with Gasteiger partial charge in [-0.25, -0.2) is 0 Å². The molecule has 2 N–H and O–H groups in total. The average Bonchev–Trinajstić information content (AvgIpc) is 2.17. The molecular weight excluding hydrogens is 232 g/mol. The van der Waals surface area contributed by atoms with E-state index >= 15 is 0 Å². The molecule has 1 aromatic heterocycles. The zero-order chi connectivity index (χ0) is 12.8. The number of nitrogen functional groups attached to an aromatic ring is 1. The molecule has 0 amide bonds. The van der Waals surface area contributed by atoms with E-state index in [0.29, 0.717) is 5.02 Å². The minimum atomic E-state index is -0.0312. The normalized spacial score (nSPS) is 12.1. The van der Waals surface area contributed by atoms with Crippen molar-refractivity contribution in [3.63, 3.8) is 0 Å². The number of aromatic nitrogens is 1. The van der Waals surface area contributed by atoms with Crippen molar-refractivity contribution in [3.8, 4) is 0 Å². The molecule has 1 heterocycles. The average molecular weight is 249 g/mol. The summed E-state index contributed by atoms with van der Waals surface area (Å²) in [5, 5.41) is 1.60. The second-order valence-corrected chi connectivity index (χ2v) is 5.90. The van der Waals surface area contributed by atoms with Crippen molar-refractivity contribution < 1.29 is 0 Å². The first-order valence-corrected chi connectivity index (χ1v) is 6.03. The Hall–Kier alpha value is -1.28. The fourth-order valence-electron chi connectivity index (χ4n) is 1.83. The Labute approximate surface area is 107 Å². The van der Waals surface area contributed by atoms with Crippen molar-refractivity contribution in [2.45, 2.75) is 33.1 Å². The first-order valence-electron chi connectivity index (χ1n) is 5.66. The number of nitrogens with two attached hydrogens (primary N) is 1. The Kier molecular flexibility index (Phi) is 2.78. The van der Waals surface area contributed by atoms with Crippen molar-refractivity contribution >= 4 is 28.2 Å². The maximum Gasteiger partial charge on any atom is 0.0912 e. The van der Waals surface area contributed by atoms with E-state index in [0.717, 1.165) is 27.8 Å². The van der Waals surface area contributed by atoms with Crippen LogP contribution in [0.25, 0.3) is 10.9 Å². The van der Waals surface area contributed by atoms with Crippen molar-refractivity contribution in [1.29, 1.82) is 0 Å². The fourth-order valence-corrected chi connectivity index (χ4v) is 2.15. The molecule has 2 nitrogen and oxygen atoms in total. The molecule has 0 saturated carbocycles. The van der Waals surface area contributed by atoms with E-state index in [1.165, 1.54) is 0 Å². The van der Waals surface area contributed by atoms with Crippen LogP contribution in [0.4, 0.5) is 5.69 Å². The van der Waals surface area contributed by atoms with E-state index < -0.39 is 0 Å². The standard InChI is InChI=1S/C14H17ClN2/c1-8-5-9-11(16)7-12(14(2,3)4)17-13(9)10(15)6-8/h5-7H,1-4H3,(H2,16,17). The molecule has 0 atom stereocenters. The molecule has 0 unspecified atom stereocenters. The number of halogens is 1. The molecule has 0 spiro atoms. The lowest BCUT2D eigenvalue weighted by atomic mass is 9.90. The molecule has 0 aliphatic heterocycles. The molecule has 0 radical (unpaired) electrons. The summed E-state index contributed by atoms with van der Waals surface area (Å²) in [6, 6.07) is 5.89. The Bertz CT molecular complexity index is 583. The van der Waals surface area contributed by atoms with Crippen LogP contribution >= 0.6 is 11.6 Å². The van der Waals surface area contributed by atoms with E-state index in [4.69, 9.17) is 17.3 Å². The maximum absolute atomic E-state index is 6.24. The van der Waals surface area contributed by atoms with E-state index in [1.54, 1.807) is 0 Å². The lowest BCUT2D eigenvalue weighted by molar-refractivity contribution is 0.572. The minimum Gasteiger partial charge on any atom is -0.398 e. The first-order chi connectivity index (χ1) is 7.79. The smallest absolute Gasteiger partial charge is 0.0912 e. The summed E-state index contributed by atoms with van der Waals surface area (Å²) in [4.78, 5) is 4.64. The number of hydrogen-bond donors (Lipinski definition) is 1. The van der Waals surface area contributed by atoms with Crippen LogP contribution in [0.3, 0.4) is 0 Å². The van der Waals surface area contributed by atoms with Crippen molar-refractivity contribution in [1.82, 2.24) is 4.98 Å². The largest absolute Gasteiger partial charge is 0.398 e. The zero-order valence-corrected chi connectivity index (χ0v) is 11.4. The number of pyridine rings is 1. The molecule has 90 valence electrons. The first kappa shape index (κ1) is 12.2. The predicted molar refractivity (Wildman–Crippen MR) is 74.6 cm³/mol. The van der Waals surface area contributed by atoms with Gasteiger partial charge in [0.15, 0.2) is 0 Å². The summed E-state index contributed by atoms with van der Waals surface area (Å²) in [6.07, 6.45) is 0. The molecule has 3 heteroatoms. The summed E-state index contributed by atoms with van der Waals surface area (Å²) in [7, 11) is 0. The highest BCUT2D eigenvalue weighted by atomic mass is 35.5. The number of nitrogens with zero attached hydrogens (tertiary/aromatic N) is 1. The number of fused-ring (bicyclic) bond motifs is 1. The molecule has 0 saturated heterocycles. The van der Waals surface area contributed by atoms with E-state index in [-0.39, 0.29) is 5.41 Å². The highest BCUT2D eigenvalue weighted by Crippen LogP contribution is 2.31. The fraction of sp³-hybridized carbons (Fsp3) is 0.357. The van der Waals surface area contributed by atoms with Crippen LogP contribution in [-0.2, 0) is 5.41 Å². The zero-order valence-electron chi connectivity index (χ0n) is 10.6. The molecule has 0 aliphatic carbocycles. The lowest BCUT2D eigenvalue weighted by Gasteiger charge is -2.19. The van der Waals surface area contributed by atoms with Crippen LogP contribution < -0.4 is 5.73 Å². The number of anilines is 1. The molecule has 0 aliphatic rings. The molecule has 1 aromatic carbocycles. The van der Waals surface area contributed by atoms with Crippen LogP contribution in [0.2, 0.25) is 5.02 Å². The number of benzene rings is 1. The van der Waals surface area contributed by atoms with Gasteiger partial charge in [-0.1, -0.05) is 32.4 Å². The van der Waals surface area contributed by atoms with Crippen LogP contribution in [-0.4, -0.2) is 4.98 Å². The molecule has 0 bridgehead atoms. The molecule has 2 aromatic rings. The van der Waals surface area contributed by atoms with Crippen LogP contribution in [0.15, 0.2) is 18.2 Å². The topological polar surface area (TPSA) is 38.9 Å². The summed E-state index contributed by atoms with van der Waals surface area (Å²) >= 11 is 6.24. The van der Waals surface area contributed by atoms with Crippen molar-refractivity contribution in [2.24, 2.45) is 0 Å². The summed E-state index contributed by atoms with van der Waals surface area (Å²) in [5.41, 5.74) is 9.66. The molecule has 17 heavy (non-hydrogen) atoms. The van der Waals surface area contributed by atoms with Crippen LogP contribution in [0.5, 0.6) is 0 Å². The minimum absolute atomic E-state index is 0.0312. The second kappa shape index (κ2) is 3.88. The second-order valence-electron chi connectivity index (χ2n) is 5.49. The van der Waals surface area contributed by atoms with Gasteiger partial charge in [0.1, 0.15) is 0 Å². The van der Waals surface area contributed by atoms with Gasteiger partial charge in [0.2, 0.25) is 0 Å². The van der Waals surface area contributed by atoms with E-state index in [2.05, 4.69) is 25.8 Å². The Balaban J connectivity index is 2.83. The van der Waals surface area contributed by atoms with Gasteiger partial charge in [0, 0.05) is 22.2 Å². The quantitative estimate of drug-likeness (QED) is 0.763. The van der Waals surface area contributed by atoms with E-state index in [1.807, 2.05) is 25.1 Å². The third-order valence-electron chi connectivity index (χ3n) is 2.81. The summed E-state index contributed by atoms with van der Waals surface area (Å²) in [6.45, 7) is 8.34.